The van der Waals surface area contributed by atoms with E-state index >= 15 is 0 Å². The molecule has 0 spiro atoms. The summed E-state index contributed by atoms with van der Waals surface area (Å²) in [6, 6.07) is 7.95. The molecule has 0 unspecified atom stereocenters. The molecule has 0 N–H and O–H groups in total. The first-order valence-electron chi connectivity index (χ1n) is 12.2. The number of hydrogen-bond donors (Lipinski definition) is 0. The molecule has 2 aromatic carbocycles. The minimum Gasteiger partial charge on any atom is -0.292 e. The van der Waals surface area contributed by atoms with Crippen LogP contribution in [0.1, 0.15) is 33.6 Å². The number of Topliss-reactive ketones (excluding diaryl/α,β-unsaturated/α-hetero) is 1. The molecule has 3 aliphatic rings. The van der Waals surface area contributed by atoms with Gasteiger partial charge in [0.05, 0.1) is 16.8 Å². The second-order valence-electron chi connectivity index (χ2n) is 9.81. The Labute approximate surface area is 244 Å². The fraction of sp³-hybridized carbons (Fsp3) is 0.385. The number of alkyl halides is 3. The highest BCUT2D eigenvalue weighted by Crippen LogP contribution is 2.60. The van der Waals surface area contributed by atoms with Gasteiger partial charge in [-0.3, -0.25) is 29.3 Å². The first-order chi connectivity index (χ1) is 18.6. The van der Waals surface area contributed by atoms with Crippen molar-refractivity contribution in [2.24, 2.45) is 23.7 Å². The molecule has 1 aliphatic heterocycles. The summed E-state index contributed by atoms with van der Waals surface area (Å²) < 4.78 is 13.6. The molecule has 1 heterocycles. The lowest BCUT2D eigenvalue weighted by Crippen LogP contribution is -2.58. The number of fused-ring (bicyclic) bond motifs is 5. The summed E-state index contributed by atoms with van der Waals surface area (Å²) in [7, 11) is 0. The van der Waals surface area contributed by atoms with E-state index in [1.54, 1.807) is 0 Å². The molecule has 39 heavy (non-hydrogen) atoms. The molecular formula is C26H21Br2ClFN3O6. The molecule has 204 valence electrons. The molecule has 2 bridgehead atoms. The van der Waals surface area contributed by atoms with E-state index in [4.69, 9.17) is 11.6 Å². The number of ketones is 1. The number of imide groups is 1. The lowest BCUT2D eigenvalue weighted by Gasteiger charge is -2.36. The van der Waals surface area contributed by atoms with Gasteiger partial charge in [-0.25, -0.2) is 9.40 Å². The number of carbonyl (C=O) groups excluding carboxylic acids is 4. The number of rotatable bonds is 8. The van der Waals surface area contributed by atoms with Gasteiger partial charge in [-0.05, 0) is 61.1 Å². The number of nitro benzene ring substituents is 1. The van der Waals surface area contributed by atoms with Crippen LogP contribution in [0, 0.1) is 39.6 Å². The van der Waals surface area contributed by atoms with Crippen LogP contribution in [0.4, 0.5) is 10.1 Å². The Hall–Kier alpha value is -2.70. The molecule has 7 atom stereocenters. The average molecular weight is 686 g/mol. The van der Waals surface area contributed by atoms with Crippen LogP contribution in [0.15, 0.2) is 48.5 Å². The first kappa shape index (κ1) is 27.9. The van der Waals surface area contributed by atoms with E-state index < -0.39 is 52.1 Å². The van der Waals surface area contributed by atoms with Gasteiger partial charge in [-0.1, -0.05) is 31.9 Å². The van der Waals surface area contributed by atoms with Crippen LogP contribution in [0.3, 0.4) is 0 Å². The number of carbonyl (C=O) groups is 4. The second kappa shape index (κ2) is 10.7. The van der Waals surface area contributed by atoms with Crippen LogP contribution in [0.25, 0.3) is 0 Å². The van der Waals surface area contributed by atoms with E-state index in [1.165, 1.54) is 24.3 Å². The molecule has 3 amide bonds. The third-order valence-corrected chi connectivity index (χ3v) is 11.2. The number of halogens is 4. The monoisotopic (exact) mass is 683 g/mol. The Balaban J connectivity index is 1.59. The summed E-state index contributed by atoms with van der Waals surface area (Å²) in [6.45, 7) is 0. The van der Waals surface area contributed by atoms with E-state index in [9.17, 15) is 33.7 Å². The van der Waals surface area contributed by atoms with Crippen molar-refractivity contribution >= 4 is 72.7 Å². The molecule has 1 saturated heterocycles. The predicted octanol–water partition coefficient (Wildman–Crippen LogP) is 4.75. The van der Waals surface area contributed by atoms with Crippen molar-refractivity contribution in [2.75, 3.05) is 5.88 Å². The van der Waals surface area contributed by atoms with Gasteiger partial charge in [-0.15, -0.1) is 11.6 Å². The third kappa shape index (κ3) is 4.59. The maximum Gasteiger partial charge on any atom is 0.273 e. The van der Waals surface area contributed by atoms with E-state index in [2.05, 4.69) is 31.9 Å². The number of hydrazine groups is 1. The Kier molecular flexibility index (Phi) is 7.64. The van der Waals surface area contributed by atoms with Crippen molar-refractivity contribution < 1.29 is 28.5 Å². The number of nitrogens with zero attached hydrogens (tertiary/aromatic N) is 3. The molecule has 13 heteroatoms. The summed E-state index contributed by atoms with van der Waals surface area (Å²) in [6.07, 6.45) is 0.556. The van der Waals surface area contributed by atoms with Crippen molar-refractivity contribution in [3.05, 3.63) is 75.6 Å². The highest BCUT2D eigenvalue weighted by atomic mass is 79.9. The molecule has 0 aromatic heterocycles. The van der Waals surface area contributed by atoms with Gasteiger partial charge in [0.15, 0.2) is 5.78 Å². The highest BCUT2D eigenvalue weighted by molar-refractivity contribution is 9.12. The zero-order valence-electron chi connectivity index (χ0n) is 20.1. The number of non-ortho nitro benzene ring substituents is 1. The summed E-state index contributed by atoms with van der Waals surface area (Å²) in [4.78, 5) is 65.8. The Bertz CT molecular complexity index is 1330. The van der Waals surface area contributed by atoms with Gasteiger partial charge in [0, 0.05) is 38.8 Å². The van der Waals surface area contributed by atoms with Crippen LogP contribution in [0.2, 0.25) is 0 Å². The minimum absolute atomic E-state index is 0.0428. The van der Waals surface area contributed by atoms with Crippen molar-refractivity contribution in [3.8, 4) is 0 Å². The number of benzene rings is 2. The highest BCUT2D eigenvalue weighted by Gasteiger charge is 2.68. The minimum atomic E-state index is -1.38. The van der Waals surface area contributed by atoms with E-state index in [-0.39, 0.29) is 50.6 Å². The fourth-order valence-electron chi connectivity index (χ4n) is 6.05. The number of nitro groups is 1. The van der Waals surface area contributed by atoms with Crippen molar-refractivity contribution in [1.82, 2.24) is 10.0 Å². The summed E-state index contributed by atoms with van der Waals surface area (Å²) in [5, 5.41) is 12.8. The van der Waals surface area contributed by atoms with Crippen molar-refractivity contribution in [2.45, 2.75) is 28.5 Å². The third-order valence-electron chi connectivity index (χ3n) is 7.82. The maximum atomic E-state index is 14.0. The smallest absolute Gasteiger partial charge is 0.273 e. The molecule has 3 fully saturated rings. The van der Waals surface area contributed by atoms with Gasteiger partial charge >= 0.3 is 0 Å². The molecule has 2 saturated carbocycles. The Morgan fingerprint density at radius 2 is 1.51 bits per heavy atom. The fourth-order valence-corrected chi connectivity index (χ4v) is 8.13. The van der Waals surface area contributed by atoms with Crippen LogP contribution in [-0.4, -0.2) is 60.0 Å². The Morgan fingerprint density at radius 3 is 2.00 bits per heavy atom. The first-order valence-corrected chi connectivity index (χ1v) is 14.5. The summed E-state index contributed by atoms with van der Waals surface area (Å²) in [5.74, 6) is -4.92. The average Bonchev–Trinajstić information content (AvgIpc) is 3.54. The molecular weight excluding hydrogens is 665 g/mol. The largest absolute Gasteiger partial charge is 0.292 e. The number of hydrogen-bond acceptors (Lipinski definition) is 6. The summed E-state index contributed by atoms with van der Waals surface area (Å²) in [5.41, 5.74) is -0.262. The van der Waals surface area contributed by atoms with Gasteiger partial charge in [-0.2, -0.15) is 5.01 Å². The zero-order chi connectivity index (χ0) is 28.2. The normalized spacial score (nSPS) is 27.9. The van der Waals surface area contributed by atoms with Gasteiger partial charge in [0.2, 0.25) is 0 Å². The Morgan fingerprint density at radius 1 is 1.00 bits per heavy atom. The van der Waals surface area contributed by atoms with Crippen LogP contribution < -0.4 is 0 Å². The van der Waals surface area contributed by atoms with Gasteiger partial charge < -0.3 is 0 Å². The van der Waals surface area contributed by atoms with E-state index in [0.717, 1.165) is 34.3 Å². The topological polar surface area (TPSA) is 118 Å². The quantitative estimate of drug-likeness (QED) is 0.130. The lowest BCUT2D eigenvalue weighted by atomic mass is 9.81. The molecule has 5 rings (SSSR count). The van der Waals surface area contributed by atoms with Gasteiger partial charge in [0.1, 0.15) is 11.9 Å². The second-order valence-corrected chi connectivity index (χ2v) is 12.3. The molecule has 9 nitrogen and oxygen atoms in total. The standard InChI is InChI=1S/C26H21Br2ClFN3O6/c27-21-16-11-17(22(21)28)20-19(16)25(36)32(26(20)37)31(24(35)13-3-7-15(8-4-13)33(38)39)18(9-10-29)23(34)12-1-5-14(30)6-2-12/h1-8,16-22H,9-11H2/t16-,17-,18+,19-,20+,21+,22+/m1/s1. The van der Waals surface area contributed by atoms with Crippen LogP contribution >= 0.6 is 43.5 Å². The summed E-state index contributed by atoms with van der Waals surface area (Å²) >= 11 is 13.3. The lowest BCUT2D eigenvalue weighted by molar-refractivity contribution is -0.384. The maximum absolute atomic E-state index is 14.0. The van der Waals surface area contributed by atoms with Crippen molar-refractivity contribution in [1.29, 1.82) is 0 Å². The number of amides is 3. The molecule has 2 aliphatic carbocycles. The van der Waals surface area contributed by atoms with Crippen LogP contribution in [0.5, 0.6) is 0 Å². The van der Waals surface area contributed by atoms with E-state index in [0.29, 0.717) is 6.42 Å². The SMILES string of the molecule is O=C(c1ccc(F)cc1)[C@H](CCCl)N(C(=O)c1ccc([N+](=O)[O-])cc1)N1C(=O)[C@@H]2[C@H]3C[C@@H]([C@H](Br)[C@H]3Br)[C@@H]2C1=O. The van der Waals surface area contributed by atoms with E-state index in [1.807, 2.05) is 0 Å². The van der Waals surface area contributed by atoms with Crippen LogP contribution in [-0.2, 0) is 9.59 Å². The predicted molar refractivity (Wildman–Crippen MR) is 145 cm³/mol. The molecule has 2 aromatic rings. The zero-order valence-corrected chi connectivity index (χ0v) is 24.0. The van der Waals surface area contributed by atoms with Crippen molar-refractivity contribution in [3.63, 3.8) is 0 Å². The molecule has 0 radical (unpaired) electrons. The van der Waals surface area contributed by atoms with Gasteiger partial charge in [0.25, 0.3) is 23.4 Å².